The van der Waals surface area contributed by atoms with E-state index in [1.54, 1.807) is 0 Å². The lowest BCUT2D eigenvalue weighted by Crippen LogP contribution is -2.30. The third kappa shape index (κ3) is 41.8. The molecule has 0 amide bonds. The lowest BCUT2D eigenvalue weighted by molar-refractivity contribution is -0.161. The highest BCUT2D eigenvalue weighted by Gasteiger charge is 2.28. The Bertz CT molecular complexity index is 1030. The van der Waals surface area contributed by atoms with Crippen LogP contribution in [0.4, 0.5) is 0 Å². The fourth-order valence-corrected chi connectivity index (χ4v) is 7.96. The van der Waals surface area contributed by atoms with E-state index in [0.29, 0.717) is 19.3 Å². The molecule has 0 spiro atoms. The number of carbonyl (C=O) groups is 3. The molecule has 0 aromatic heterocycles. The van der Waals surface area contributed by atoms with Crippen molar-refractivity contribution in [2.75, 3.05) is 26.4 Å². The molecule has 356 valence electrons. The Morgan fingerprint density at radius 2 is 0.667 bits per heavy atom. The lowest BCUT2D eigenvalue weighted by atomic mass is 10.0. The van der Waals surface area contributed by atoms with Crippen LogP contribution in [0.1, 0.15) is 252 Å². The van der Waals surface area contributed by atoms with Crippen LogP contribution in [0.15, 0.2) is 0 Å². The molecular weight excluding hydrogens is 783 g/mol. The summed E-state index contributed by atoms with van der Waals surface area (Å²) in [6, 6.07) is 0. The van der Waals surface area contributed by atoms with Gasteiger partial charge in [0.15, 0.2) is 6.10 Å². The molecule has 0 aromatic rings. The number of rotatable bonds is 47. The Balaban J connectivity index is 4.71. The maximum absolute atomic E-state index is 12.8. The second kappa shape index (κ2) is 44.1. The van der Waals surface area contributed by atoms with Crippen molar-refractivity contribution in [3.05, 3.63) is 0 Å². The molecule has 0 heterocycles. The van der Waals surface area contributed by atoms with Gasteiger partial charge in [0.25, 0.3) is 0 Å². The van der Waals surface area contributed by atoms with E-state index in [9.17, 15) is 28.9 Å². The van der Waals surface area contributed by atoms with E-state index in [4.69, 9.17) is 23.3 Å². The number of ether oxygens (including phenoxy) is 3. The van der Waals surface area contributed by atoms with Gasteiger partial charge in [0.05, 0.1) is 19.8 Å². The number of phosphoric ester groups is 1. The quantitative estimate of drug-likeness (QED) is 0.0260. The van der Waals surface area contributed by atoms with Crippen molar-refractivity contribution in [3.63, 3.8) is 0 Å². The fourth-order valence-electron chi connectivity index (χ4n) is 7.18. The van der Waals surface area contributed by atoms with E-state index in [0.717, 1.165) is 57.8 Å². The standard InChI is InChI=1S/C48H93O11P/c1-4-7-10-13-16-19-21-22-24-27-30-33-36-39-48(52)59-45(41-55-46(50)37-34-31-28-26-23-20-17-14-11-8-5-2)43-57-60(53,54)56-42-44(40-49)58-47(51)38-35-32-29-25-18-15-12-9-6-3/h44-45,49H,4-43H2,1-3H3,(H,53,54). The average Bonchev–Trinajstić information content (AvgIpc) is 3.23. The Kier molecular flexibility index (Phi) is 43.0. The topological polar surface area (TPSA) is 155 Å². The van der Waals surface area contributed by atoms with Crippen LogP contribution >= 0.6 is 7.82 Å². The van der Waals surface area contributed by atoms with Gasteiger partial charge in [0.1, 0.15) is 12.7 Å². The minimum absolute atomic E-state index is 0.177. The third-order valence-corrected chi connectivity index (χ3v) is 12.0. The monoisotopic (exact) mass is 877 g/mol. The molecule has 0 radical (unpaired) electrons. The molecule has 11 nitrogen and oxygen atoms in total. The summed E-state index contributed by atoms with van der Waals surface area (Å²) >= 11 is 0. The summed E-state index contributed by atoms with van der Waals surface area (Å²) in [6.07, 6.45) is 36.5. The van der Waals surface area contributed by atoms with Crippen LogP contribution in [0.2, 0.25) is 0 Å². The molecule has 0 saturated carbocycles. The molecule has 0 aliphatic rings. The Morgan fingerprint density at radius 3 is 0.983 bits per heavy atom. The van der Waals surface area contributed by atoms with Crippen molar-refractivity contribution >= 4 is 25.7 Å². The number of aliphatic hydroxyl groups is 1. The van der Waals surface area contributed by atoms with Crippen LogP contribution in [0.3, 0.4) is 0 Å². The summed E-state index contributed by atoms with van der Waals surface area (Å²) in [5, 5.41) is 9.72. The maximum Gasteiger partial charge on any atom is 0.472 e. The van der Waals surface area contributed by atoms with Crippen molar-refractivity contribution < 1.29 is 52.2 Å². The molecule has 0 aliphatic carbocycles. The Morgan fingerprint density at radius 1 is 0.400 bits per heavy atom. The van der Waals surface area contributed by atoms with E-state index in [1.165, 1.54) is 135 Å². The van der Waals surface area contributed by atoms with Crippen LogP contribution < -0.4 is 0 Å². The normalized spacial score (nSPS) is 13.5. The van der Waals surface area contributed by atoms with E-state index in [-0.39, 0.29) is 25.9 Å². The first kappa shape index (κ1) is 58.5. The van der Waals surface area contributed by atoms with Crippen molar-refractivity contribution in [2.45, 2.75) is 264 Å². The summed E-state index contributed by atoms with van der Waals surface area (Å²) in [4.78, 5) is 48.1. The SMILES string of the molecule is CCCCCCCCCCCCCCCC(=O)OC(COC(=O)CCCCCCCCCCCCC)COP(=O)(O)OCC(CO)OC(=O)CCCCCCCCCCC. The summed E-state index contributed by atoms with van der Waals surface area (Å²) < 4.78 is 39.2. The zero-order valence-corrected chi connectivity index (χ0v) is 39.8. The summed E-state index contributed by atoms with van der Waals surface area (Å²) in [5.74, 6) is -1.44. The molecule has 0 aromatic carbocycles. The van der Waals surface area contributed by atoms with Gasteiger partial charge in [-0.05, 0) is 19.3 Å². The average molecular weight is 877 g/mol. The molecule has 60 heavy (non-hydrogen) atoms. The molecule has 12 heteroatoms. The Labute approximate surface area is 367 Å². The second-order valence-corrected chi connectivity index (χ2v) is 18.5. The first-order chi connectivity index (χ1) is 29.2. The zero-order chi connectivity index (χ0) is 44.2. The molecule has 0 rings (SSSR count). The third-order valence-electron chi connectivity index (χ3n) is 11.0. The van der Waals surface area contributed by atoms with Gasteiger partial charge in [-0.25, -0.2) is 4.57 Å². The van der Waals surface area contributed by atoms with Crippen LogP contribution in [0.25, 0.3) is 0 Å². The number of phosphoric acid groups is 1. The first-order valence-corrected chi connectivity index (χ1v) is 26.4. The number of unbranched alkanes of at least 4 members (excludes halogenated alkanes) is 30. The fraction of sp³-hybridized carbons (Fsp3) is 0.938. The number of carbonyl (C=O) groups excluding carboxylic acids is 3. The highest BCUT2D eigenvalue weighted by Crippen LogP contribution is 2.43. The van der Waals surface area contributed by atoms with Crippen LogP contribution in [0, 0.1) is 0 Å². The van der Waals surface area contributed by atoms with Gasteiger partial charge in [-0.15, -0.1) is 0 Å². The van der Waals surface area contributed by atoms with Crippen molar-refractivity contribution in [1.29, 1.82) is 0 Å². The van der Waals surface area contributed by atoms with Gasteiger partial charge in [0, 0.05) is 19.3 Å². The molecule has 3 unspecified atom stereocenters. The molecular formula is C48H93O11P. The van der Waals surface area contributed by atoms with Gasteiger partial charge >= 0.3 is 25.7 Å². The number of aliphatic hydroxyl groups excluding tert-OH is 1. The van der Waals surface area contributed by atoms with Crippen LogP contribution in [-0.4, -0.2) is 66.5 Å². The van der Waals surface area contributed by atoms with E-state index >= 15 is 0 Å². The Hall–Kier alpha value is -1.52. The summed E-state index contributed by atoms with van der Waals surface area (Å²) in [7, 11) is -4.72. The minimum atomic E-state index is -4.72. The molecule has 3 atom stereocenters. The summed E-state index contributed by atoms with van der Waals surface area (Å²) in [6.45, 7) is 4.63. The lowest BCUT2D eigenvalue weighted by Gasteiger charge is -2.21. The molecule has 0 saturated heterocycles. The van der Waals surface area contributed by atoms with E-state index in [2.05, 4.69) is 20.8 Å². The number of esters is 3. The zero-order valence-electron chi connectivity index (χ0n) is 39.0. The van der Waals surface area contributed by atoms with Gasteiger partial charge in [-0.3, -0.25) is 23.4 Å². The van der Waals surface area contributed by atoms with Crippen molar-refractivity contribution in [1.82, 2.24) is 0 Å². The molecule has 0 fully saturated rings. The van der Waals surface area contributed by atoms with Crippen LogP contribution in [0.5, 0.6) is 0 Å². The molecule has 2 N–H and O–H groups in total. The van der Waals surface area contributed by atoms with Crippen molar-refractivity contribution in [2.24, 2.45) is 0 Å². The molecule has 0 aliphatic heterocycles. The van der Waals surface area contributed by atoms with Gasteiger partial charge in [-0.2, -0.15) is 0 Å². The minimum Gasteiger partial charge on any atom is -0.462 e. The van der Waals surface area contributed by atoms with E-state index in [1.807, 2.05) is 0 Å². The van der Waals surface area contributed by atoms with Crippen molar-refractivity contribution in [3.8, 4) is 0 Å². The first-order valence-electron chi connectivity index (χ1n) is 24.9. The van der Waals surface area contributed by atoms with Gasteiger partial charge < -0.3 is 24.2 Å². The highest BCUT2D eigenvalue weighted by molar-refractivity contribution is 7.47. The van der Waals surface area contributed by atoms with E-state index < -0.39 is 57.8 Å². The number of hydrogen-bond acceptors (Lipinski definition) is 10. The van der Waals surface area contributed by atoms with Crippen LogP contribution in [-0.2, 0) is 42.2 Å². The van der Waals surface area contributed by atoms with Gasteiger partial charge in [-0.1, -0.05) is 213 Å². The smallest absolute Gasteiger partial charge is 0.462 e. The van der Waals surface area contributed by atoms with Gasteiger partial charge in [0.2, 0.25) is 0 Å². The predicted molar refractivity (Wildman–Crippen MR) is 243 cm³/mol. The second-order valence-electron chi connectivity index (χ2n) is 17.0. The highest BCUT2D eigenvalue weighted by atomic mass is 31.2. The molecule has 0 bridgehead atoms. The summed E-state index contributed by atoms with van der Waals surface area (Å²) in [5.41, 5.74) is 0. The predicted octanol–water partition coefficient (Wildman–Crippen LogP) is 13.6. The largest absolute Gasteiger partial charge is 0.472 e. The number of hydrogen-bond donors (Lipinski definition) is 2. The maximum atomic E-state index is 12.8.